The lowest BCUT2D eigenvalue weighted by Gasteiger charge is -2.07. The summed E-state index contributed by atoms with van der Waals surface area (Å²) in [5.74, 6) is 0. The molecule has 3 aromatic carbocycles. The average molecular weight is 424 g/mol. The van der Waals surface area contributed by atoms with Crippen molar-refractivity contribution in [3.63, 3.8) is 0 Å². The Kier molecular flexibility index (Phi) is 4.17. The predicted octanol–water partition coefficient (Wildman–Crippen LogP) is 3.12. The molecule has 0 fully saturated rings. The maximum atomic E-state index is 13.2. The molecule has 0 bridgehead atoms. The molecular weight excluding hydrogens is 404 g/mol. The number of hydrogen-bond acceptors (Lipinski definition) is 4. The Morgan fingerprint density at radius 3 is 1.12 bits per heavy atom. The standard InChI is InChI=1S/C26H20N2O4/c1-13-7-5-9-21(15(13)3)27-23(29)17-11-19-20(12-18(17)24(27)30)26(32)28(25(19)31)22-10-6-8-14(2)16(22)4/h5-12H,1-4H3. The van der Waals surface area contributed by atoms with Gasteiger partial charge in [-0.25, -0.2) is 9.13 Å². The summed E-state index contributed by atoms with van der Waals surface area (Å²) in [6, 6.07) is 13.6. The molecular formula is C26H20N2O4. The predicted molar refractivity (Wildman–Crippen MR) is 127 cm³/mol. The number of fused-ring (bicyclic) bond motifs is 2. The lowest BCUT2D eigenvalue weighted by Crippen LogP contribution is -2.25. The van der Waals surface area contributed by atoms with Gasteiger partial charge in [-0.2, -0.15) is 0 Å². The van der Waals surface area contributed by atoms with Gasteiger partial charge in [0.05, 0.1) is 32.9 Å². The summed E-state index contributed by atoms with van der Waals surface area (Å²) in [6.45, 7) is 7.52. The maximum absolute atomic E-state index is 13.2. The van der Waals surface area contributed by atoms with Crippen LogP contribution in [0, 0.1) is 27.7 Å². The molecule has 0 radical (unpaired) electrons. The largest absolute Gasteiger partial charge is 0.268 e. The number of hydrogen-bond donors (Lipinski definition) is 0. The summed E-state index contributed by atoms with van der Waals surface area (Å²) < 4.78 is 2.25. The molecule has 6 nitrogen and oxygen atoms in total. The summed E-state index contributed by atoms with van der Waals surface area (Å²) >= 11 is 0. The Labute approximate surface area is 182 Å². The highest BCUT2D eigenvalue weighted by molar-refractivity contribution is 5.98. The van der Waals surface area contributed by atoms with Crippen molar-refractivity contribution in [3.8, 4) is 11.4 Å². The fourth-order valence-corrected chi connectivity index (χ4v) is 4.37. The van der Waals surface area contributed by atoms with Crippen LogP contribution in [0.1, 0.15) is 22.3 Å². The van der Waals surface area contributed by atoms with E-state index in [2.05, 4.69) is 0 Å². The number of aryl methyl sites for hydroxylation is 2. The summed E-state index contributed by atoms with van der Waals surface area (Å²) in [5, 5.41) is 0.550. The monoisotopic (exact) mass is 424 g/mol. The molecule has 0 saturated heterocycles. The van der Waals surface area contributed by atoms with E-state index in [-0.39, 0.29) is 21.5 Å². The fraction of sp³-hybridized carbons (Fsp3) is 0.154. The van der Waals surface area contributed by atoms with Crippen molar-refractivity contribution in [1.82, 2.24) is 9.13 Å². The Morgan fingerprint density at radius 2 is 0.812 bits per heavy atom. The normalized spacial score (nSPS) is 11.6. The van der Waals surface area contributed by atoms with Crippen LogP contribution in [0.5, 0.6) is 0 Å². The molecule has 0 saturated carbocycles. The number of aromatic nitrogens is 2. The molecule has 5 rings (SSSR count). The van der Waals surface area contributed by atoms with Crippen molar-refractivity contribution in [2.24, 2.45) is 0 Å². The molecule has 0 aliphatic heterocycles. The third kappa shape index (κ3) is 2.52. The van der Waals surface area contributed by atoms with E-state index in [4.69, 9.17) is 0 Å². The van der Waals surface area contributed by atoms with E-state index in [1.54, 1.807) is 24.3 Å². The second kappa shape index (κ2) is 6.72. The van der Waals surface area contributed by atoms with Crippen molar-refractivity contribution in [1.29, 1.82) is 0 Å². The fourth-order valence-electron chi connectivity index (χ4n) is 4.37. The van der Waals surface area contributed by atoms with Crippen molar-refractivity contribution in [2.45, 2.75) is 27.7 Å². The molecule has 6 heteroatoms. The molecule has 0 aliphatic carbocycles. The first-order valence-electron chi connectivity index (χ1n) is 10.3. The van der Waals surface area contributed by atoms with E-state index >= 15 is 0 Å². The van der Waals surface area contributed by atoms with E-state index < -0.39 is 22.2 Å². The Bertz CT molecular complexity index is 1590. The molecule has 0 N–H and O–H groups in total. The zero-order chi connectivity index (χ0) is 22.9. The van der Waals surface area contributed by atoms with Crippen molar-refractivity contribution in [3.05, 3.63) is 112 Å². The van der Waals surface area contributed by atoms with E-state index in [1.165, 1.54) is 12.1 Å². The van der Waals surface area contributed by atoms with Crippen molar-refractivity contribution < 1.29 is 0 Å². The van der Waals surface area contributed by atoms with Gasteiger partial charge >= 0.3 is 0 Å². The van der Waals surface area contributed by atoms with Gasteiger partial charge in [0.2, 0.25) is 0 Å². The van der Waals surface area contributed by atoms with Gasteiger partial charge in [-0.15, -0.1) is 0 Å². The molecule has 0 spiro atoms. The molecule has 5 aromatic rings. The van der Waals surface area contributed by atoms with E-state index in [0.29, 0.717) is 11.4 Å². The van der Waals surface area contributed by atoms with Gasteiger partial charge < -0.3 is 0 Å². The molecule has 2 heterocycles. The van der Waals surface area contributed by atoms with Crippen LogP contribution in [-0.2, 0) is 0 Å². The Balaban J connectivity index is 1.88. The topological polar surface area (TPSA) is 78.1 Å². The zero-order valence-corrected chi connectivity index (χ0v) is 18.1. The number of rotatable bonds is 2. The highest BCUT2D eigenvalue weighted by atomic mass is 16.2. The Hall–Kier alpha value is -4.06. The first-order chi connectivity index (χ1) is 15.2. The minimum Gasteiger partial charge on any atom is -0.268 e. The van der Waals surface area contributed by atoms with Gasteiger partial charge in [0.1, 0.15) is 0 Å². The van der Waals surface area contributed by atoms with Gasteiger partial charge in [0, 0.05) is 0 Å². The minimum absolute atomic E-state index is 0.138. The van der Waals surface area contributed by atoms with Gasteiger partial charge in [0.15, 0.2) is 0 Å². The van der Waals surface area contributed by atoms with Crippen LogP contribution in [0.25, 0.3) is 32.9 Å². The zero-order valence-electron chi connectivity index (χ0n) is 18.1. The highest BCUT2D eigenvalue weighted by Gasteiger charge is 2.22. The molecule has 0 amide bonds. The minimum atomic E-state index is -0.494. The SMILES string of the molecule is Cc1cccc(-n2c(=O)c3cc4c(=O)n(-c5cccc(C)c5C)c(=O)c4cc3c2=O)c1C. The Morgan fingerprint density at radius 1 is 0.500 bits per heavy atom. The third-order valence-corrected chi connectivity index (χ3v) is 6.53. The number of benzene rings is 3. The second-order valence-electron chi connectivity index (χ2n) is 8.27. The lowest BCUT2D eigenvalue weighted by molar-refractivity contribution is 0.970. The summed E-state index contributed by atoms with van der Waals surface area (Å²) in [4.78, 5) is 52.8. The molecule has 0 atom stereocenters. The van der Waals surface area contributed by atoms with Gasteiger partial charge in [-0.3, -0.25) is 19.2 Å². The molecule has 0 aliphatic rings. The summed E-state index contributed by atoms with van der Waals surface area (Å²) in [5.41, 5.74) is 2.59. The van der Waals surface area contributed by atoms with E-state index in [1.807, 2.05) is 39.8 Å². The first kappa shape index (κ1) is 19.9. The van der Waals surface area contributed by atoms with Crippen LogP contribution >= 0.6 is 0 Å². The molecule has 2 aromatic heterocycles. The van der Waals surface area contributed by atoms with E-state index in [9.17, 15) is 19.2 Å². The van der Waals surface area contributed by atoms with Crippen LogP contribution < -0.4 is 22.2 Å². The van der Waals surface area contributed by atoms with Crippen molar-refractivity contribution in [2.75, 3.05) is 0 Å². The summed E-state index contributed by atoms with van der Waals surface area (Å²) in [7, 11) is 0. The van der Waals surface area contributed by atoms with Crippen molar-refractivity contribution >= 4 is 21.5 Å². The lowest BCUT2D eigenvalue weighted by atomic mass is 10.1. The molecule has 0 unspecified atom stereocenters. The summed E-state index contributed by atoms with van der Waals surface area (Å²) in [6.07, 6.45) is 0. The van der Waals surface area contributed by atoms with Crippen LogP contribution in [0.4, 0.5) is 0 Å². The van der Waals surface area contributed by atoms with E-state index in [0.717, 1.165) is 31.4 Å². The average Bonchev–Trinajstić information content (AvgIpc) is 3.15. The van der Waals surface area contributed by atoms with Gasteiger partial charge in [-0.05, 0) is 74.2 Å². The second-order valence-corrected chi connectivity index (χ2v) is 8.27. The smallest absolute Gasteiger partial charge is 0.266 e. The van der Waals surface area contributed by atoms with Gasteiger partial charge in [0.25, 0.3) is 22.2 Å². The van der Waals surface area contributed by atoms with Crippen LogP contribution in [0.3, 0.4) is 0 Å². The molecule has 32 heavy (non-hydrogen) atoms. The van der Waals surface area contributed by atoms with Gasteiger partial charge in [-0.1, -0.05) is 24.3 Å². The van der Waals surface area contributed by atoms with Crippen LogP contribution in [0.15, 0.2) is 67.7 Å². The maximum Gasteiger partial charge on any atom is 0.266 e. The number of nitrogens with zero attached hydrogens (tertiary/aromatic N) is 2. The van der Waals surface area contributed by atoms with Crippen LogP contribution in [-0.4, -0.2) is 9.13 Å². The highest BCUT2D eigenvalue weighted by Crippen LogP contribution is 2.21. The van der Waals surface area contributed by atoms with Crippen LogP contribution in [0.2, 0.25) is 0 Å². The quantitative estimate of drug-likeness (QED) is 0.436. The molecule has 158 valence electrons. The third-order valence-electron chi connectivity index (χ3n) is 6.53. The first-order valence-corrected chi connectivity index (χ1v) is 10.3.